The molecule has 182 valence electrons. The number of benzene rings is 2. The molecular formula is C26H34N4O4. The van der Waals surface area contributed by atoms with E-state index in [0.29, 0.717) is 34.0 Å². The van der Waals surface area contributed by atoms with E-state index in [1.54, 1.807) is 60.7 Å². The van der Waals surface area contributed by atoms with Crippen molar-refractivity contribution in [3.05, 3.63) is 71.8 Å². The summed E-state index contributed by atoms with van der Waals surface area (Å²) in [5.74, 6) is 9.60. The van der Waals surface area contributed by atoms with E-state index in [1.807, 2.05) is 0 Å². The van der Waals surface area contributed by atoms with Crippen molar-refractivity contribution in [3.63, 3.8) is 0 Å². The van der Waals surface area contributed by atoms with E-state index in [1.165, 1.54) is 0 Å². The van der Waals surface area contributed by atoms with Gasteiger partial charge in [0.2, 0.25) is 11.8 Å². The first-order valence-electron chi connectivity index (χ1n) is 11.8. The Labute approximate surface area is 200 Å². The highest BCUT2D eigenvalue weighted by Gasteiger charge is 2.19. The summed E-state index contributed by atoms with van der Waals surface area (Å²) in [4.78, 5) is 48.5. The van der Waals surface area contributed by atoms with Gasteiger partial charge >= 0.3 is 0 Å². The maximum absolute atomic E-state index is 12.2. The highest BCUT2D eigenvalue weighted by molar-refractivity contribution is 6.04. The summed E-state index contributed by atoms with van der Waals surface area (Å²) in [7, 11) is 0. The predicted octanol–water partition coefficient (Wildman–Crippen LogP) is 3.97. The number of unbranched alkanes of at least 4 members (excludes halogenated alkanes) is 7. The number of carbonyl (C=O) groups is 4. The lowest BCUT2D eigenvalue weighted by atomic mass is 10.1. The zero-order valence-electron chi connectivity index (χ0n) is 19.5. The van der Waals surface area contributed by atoms with Crippen LogP contribution in [0.25, 0.3) is 0 Å². The number of carbonyl (C=O) groups excluding carboxylic acids is 4. The van der Waals surface area contributed by atoms with Crippen LogP contribution in [0.5, 0.6) is 0 Å². The Morgan fingerprint density at radius 1 is 0.500 bits per heavy atom. The predicted molar refractivity (Wildman–Crippen MR) is 130 cm³/mol. The molecule has 0 fully saturated rings. The number of hydrogen-bond donors (Lipinski definition) is 2. The van der Waals surface area contributed by atoms with Gasteiger partial charge in [-0.15, -0.1) is 0 Å². The number of hydrogen-bond acceptors (Lipinski definition) is 6. The van der Waals surface area contributed by atoms with Crippen LogP contribution in [0.3, 0.4) is 0 Å². The smallest absolute Gasteiger partial charge is 0.273 e. The van der Waals surface area contributed by atoms with Crippen LogP contribution in [0.4, 0.5) is 0 Å². The number of imide groups is 2. The molecule has 2 rings (SSSR count). The molecule has 0 radical (unpaired) electrons. The zero-order chi connectivity index (χ0) is 24.8. The van der Waals surface area contributed by atoms with Gasteiger partial charge in [-0.2, -0.15) is 0 Å². The van der Waals surface area contributed by atoms with Crippen molar-refractivity contribution < 1.29 is 19.2 Å². The van der Waals surface area contributed by atoms with Crippen molar-refractivity contribution in [2.45, 2.75) is 64.2 Å². The summed E-state index contributed by atoms with van der Waals surface area (Å²) in [5, 5.41) is 1.40. The van der Waals surface area contributed by atoms with Gasteiger partial charge in [0, 0.05) is 24.0 Å². The fourth-order valence-corrected chi connectivity index (χ4v) is 3.52. The number of rotatable bonds is 13. The molecule has 0 saturated heterocycles. The van der Waals surface area contributed by atoms with Crippen molar-refractivity contribution in [1.82, 2.24) is 10.0 Å². The van der Waals surface area contributed by atoms with Gasteiger partial charge in [0.05, 0.1) is 0 Å². The summed E-state index contributed by atoms with van der Waals surface area (Å²) in [6, 6.07) is 17.0. The zero-order valence-corrected chi connectivity index (χ0v) is 19.5. The maximum Gasteiger partial charge on any atom is 0.274 e. The topological polar surface area (TPSA) is 127 Å². The summed E-state index contributed by atoms with van der Waals surface area (Å²) < 4.78 is 0. The Bertz CT molecular complexity index is 857. The van der Waals surface area contributed by atoms with E-state index in [2.05, 4.69) is 0 Å². The molecule has 8 heteroatoms. The molecule has 0 aromatic heterocycles. The Morgan fingerprint density at radius 2 is 0.794 bits per heavy atom. The van der Waals surface area contributed by atoms with Gasteiger partial charge in [0.15, 0.2) is 0 Å². The van der Waals surface area contributed by atoms with Gasteiger partial charge in [0.25, 0.3) is 11.8 Å². The van der Waals surface area contributed by atoms with E-state index in [4.69, 9.17) is 11.7 Å². The fourth-order valence-electron chi connectivity index (χ4n) is 3.52. The third-order valence-electron chi connectivity index (χ3n) is 5.55. The van der Waals surface area contributed by atoms with Crippen molar-refractivity contribution >= 4 is 23.6 Å². The third kappa shape index (κ3) is 8.88. The van der Waals surface area contributed by atoms with Crippen LogP contribution in [0, 0.1) is 0 Å². The summed E-state index contributed by atoms with van der Waals surface area (Å²) >= 11 is 0. The second-order valence-corrected chi connectivity index (χ2v) is 8.20. The molecule has 0 spiro atoms. The molecule has 0 unspecified atom stereocenters. The van der Waals surface area contributed by atoms with Crippen molar-refractivity contribution in [2.75, 3.05) is 0 Å². The lowest BCUT2D eigenvalue weighted by Crippen LogP contribution is -2.42. The molecule has 0 heterocycles. The summed E-state index contributed by atoms with van der Waals surface area (Å²) in [5.41, 5.74) is 0.782. The standard InChI is InChI=1S/C26H34N4O4/c27-29(25(33)21-15-9-7-10-16-21)23(31)19-13-5-3-1-2-4-6-14-20-24(32)30(28)26(34)22-17-11-8-12-18-22/h7-12,15-18H,1-6,13-14,19-20,27-28H2. The van der Waals surface area contributed by atoms with E-state index in [0.717, 1.165) is 38.5 Å². The molecule has 8 nitrogen and oxygen atoms in total. The molecule has 2 aromatic rings. The second kappa shape index (κ2) is 14.7. The fraction of sp³-hybridized carbons (Fsp3) is 0.385. The average Bonchev–Trinajstić information content (AvgIpc) is 2.88. The Hall–Kier alpha value is -3.36. The largest absolute Gasteiger partial charge is 0.274 e. The van der Waals surface area contributed by atoms with E-state index < -0.39 is 11.8 Å². The molecule has 34 heavy (non-hydrogen) atoms. The van der Waals surface area contributed by atoms with E-state index >= 15 is 0 Å². The lowest BCUT2D eigenvalue weighted by molar-refractivity contribution is -0.129. The number of hydrazine groups is 2. The third-order valence-corrected chi connectivity index (χ3v) is 5.55. The summed E-state index contributed by atoms with van der Waals surface area (Å²) in [6.07, 6.45) is 7.69. The van der Waals surface area contributed by atoms with Crippen LogP contribution in [0.15, 0.2) is 60.7 Å². The molecule has 0 saturated carbocycles. The maximum atomic E-state index is 12.2. The highest BCUT2D eigenvalue weighted by atomic mass is 16.2. The first-order chi connectivity index (χ1) is 16.4. The van der Waals surface area contributed by atoms with Crippen molar-refractivity contribution in [3.8, 4) is 0 Å². The molecule has 4 N–H and O–H groups in total. The molecule has 0 aliphatic carbocycles. The molecule has 0 aliphatic heterocycles. The number of nitrogens with zero attached hydrogens (tertiary/aromatic N) is 2. The molecular weight excluding hydrogens is 432 g/mol. The summed E-state index contributed by atoms with van der Waals surface area (Å²) in [6.45, 7) is 0. The quantitative estimate of drug-likeness (QED) is 0.199. The van der Waals surface area contributed by atoms with Gasteiger partial charge in [-0.1, -0.05) is 74.9 Å². The van der Waals surface area contributed by atoms with Gasteiger partial charge in [-0.05, 0) is 37.1 Å². The van der Waals surface area contributed by atoms with Crippen LogP contribution >= 0.6 is 0 Å². The van der Waals surface area contributed by atoms with Crippen LogP contribution in [0.2, 0.25) is 0 Å². The molecule has 0 bridgehead atoms. The number of nitrogens with two attached hydrogens (primary N) is 2. The van der Waals surface area contributed by atoms with Gasteiger partial charge in [-0.3, -0.25) is 19.2 Å². The Kier molecular flexibility index (Phi) is 11.6. The van der Waals surface area contributed by atoms with Crippen molar-refractivity contribution in [1.29, 1.82) is 0 Å². The second-order valence-electron chi connectivity index (χ2n) is 8.20. The normalized spacial score (nSPS) is 10.5. The van der Waals surface area contributed by atoms with Crippen LogP contribution < -0.4 is 11.7 Å². The molecule has 2 aromatic carbocycles. The first-order valence-corrected chi connectivity index (χ1v) is 11.8. The highest BCUT2D eigenvalue weighted by Crippen LogP contribution is 2.12. The SMILES string of the molecule is NN(C(=O)CCCCCCCCCCC(=O)N(N)C(=O)c1ccccc1)C(=O)c1ccccc1. The monoisotopic (exact) mass is 466 g/mol. The van der Waals surface area contributed by atoms with Crippen molar-refractivity contribution in [2.24, 2.45) is 11.7 Å². The van der Waals surface area contributed by atoms with Gasteiger partial charge < -0.3 is 0 Å². The Balaban J connectivity index is 1.49. The first kappa shape index (κ1) is 26.9. The number of amides is 4. The van der Waals surface area contributed by atoms with E-state index in [-0.39, 0.29) is 24.7 Å². The van der Waals surface area contributed by atoms with E-state index in [9.17, 15) is 19.2 Å². The average molecular weight is 467 g/mol. The minimum absolute atomic E-state index is 0.245. The van der Waals surface area contributed by atoms with Crippen LogP contribution in [-0.2, 0) is 9.59 Å². The van der Waals surface area contributed by atoms with Crippen LogP contribution in [0.1, 0.15) is 84.9 Å². The lowest BCUT2D eigenvalue weighted by Gasteiger charge is -2.14. The molecule has 0 atom stereocenters. The van der Waals surface area contributed by atoms with Gasteiger partial charge in [-0.25, -0.2) is 21.7 Å². The molecule has 0 aliphatic rings. The molecule has 4 amide bonds. The minimum atomic E-state index is -0.494. The van der Waals surface area contributed by atoms with Gasteiger partial charge in [0.1, 0.15) is 0 Å². The minimum Gasteiger partial charge on any atom is -0.273 e. The Morgan fingerprint density at radius 3 is 1.12 bits per heavy atom. The van der Waals surface area contributed by atoms with Crippen LogP contribution in [-0.4, -0.2) is 33.6 Å².